The second-order valence-electron chi connectivity index (χ2n) is 10.3. The van der Waals surface area contributed by atoms with Crippen molar-refractivity contribution in [2.24, 2.45) is 0 Å². The Morgan fingerprint density at radius 1 is 1.08 bits per heavy atom. The molecule has 196 valence electrons. The fraction of sp³-hybridized carbons (Fsp3) is 0.500. The summed E-state index contributed by atoms with van der Waals surface area (Å²) in [6, 6.07) is 6.62. The zero-order valence-corrected chi connectivity index (χ0v) is 22.2. The molecule has 8 heteroatoms. The van der Waals surface area contributed by atoms with Gasteiger partial charge >= 0.3 is 12.1 Å². The molecule has 0 aromatic heterocycles. The molecule has 2 aromatic rings. The zero-order valence-electron chi connectivity index (χ0n) is 22.2. The van der Waals surface area contributed by atoms with E-state index in [1.807, 2.05) is 52.0 Å². The average Bonchev–Trinajstić information content (AvgIpc) is 3.57. The third-order valence-electron chi connectivity index (χ3n) is 5.69. The van der Waals surface area contributed by atoms with Gasteiger partial charge in [-0.3, -0.25) is 0 Å². The molecule has 0 aliphatic carbocycles. The second-order valence-corrected chi connectivity index (χ2v) is 10.3. The maximum Gasteiger partial charge on any atom is 0.408 e. The van der Waals surface area contributed by atoms with Crippen molar-refractivity contribution in [3.05, 3.63) is 52.1 Å². The van der Waals surface area contributed by atoms with Crippen molar-refractivity contribution in [1.29, 1.82) is 0 Å². The summed E-state index contributed by atoms with van der Waals surface area (Å²) in [5.41, 5.74) is 3.87. The van der Waals surface area contributed by atoms with E-state index in [0.29, 0.717) is 18.8 Å². The fourth-order valence-corrected chi connectivity index (χ4v) is 4.00. The number of amides is 1. The van der Waals surface area contributed by atoms with Crippen LogP contribution in [0.25, 0.3) is 0 Å². The van der Waals surface area contributed by atoms with Gasteiger partial charge in [-0.1, -0.05) is 19.1 Å². The third-order valence-corrected chi connectivity index (χ3v) is 5.69. The Kier molecular flexibility index (Phi) is 8.51. The van der Waals surface area contributed by atoms with Crippen molar-refractivity contribution in [1.82, 2.24) is 5.32 Å². The predicted octanol–water partition coefficient (Wildman–Crippen LogP) is 5.26. The molecule has 2 aromatic carbocycles. The van der Waals surface area contributed by atoms with Gasteiger partial charge in [0, 0.05) is 6.42 Å². The molecule has 2 unspecified atom stereocenters. The number of carboxylic acid groups (broad SMARTS) is 1. The van der Waals surface area contributed by atoms with Gasteiger partial charge in [-0.25, -0.2) is 9.59 Å². The van der Waals surface area contributed by atoms with E-state index in [1.165, 1.54) is 0 Å². The van der Waals surface area contributed by atoms with Crippen LogP contribution in [-0.2, 0) is 27.1 Å². The molecule has 36 heavy (non-hydrogen) atoms. The number of alkyl carbamates (subject to hydrolysis) is 1. The Morgan fingerprint density at radius 2 is 1.69 bits per heavy atom. The Morgan fingerprint density at radius 3 is 2.22 bits per heavy atom. The second kappa shape index (κ2) is 11.2. The van der Waals surface area contributed by atoms with Crippen molar-refractivity contribution in [2.45, 2.75) is 79.1 Å². The third kappa shape index (κ3) is 7.62. The Labute approximate surface area is 212 Å². The summed E-state index contributed by atoms with van der Waals surface area (Å²) in [6.07, 6.45) is 0.248. The van der Waals surface area contributed by atoms with Gasteiger partial charge < -0.3 is 29.4 Å². The van der Waals surface area contributed by atoms with E-state index in [-0.39, 0.29) is 12.5 Å². The molecule has 0 radical (unpaired) electrons. The van der Waals surface area contributed by atoms with Crippen molar-refractivity contribution in [3.63, 3.8) is 0 Å². The molecule has 3 rings (SSSR count). The predicted molar refractivity (Wildman–Crippen MR) is 136 cm³/mol. The van der Waals surface area contributed by atoms with Crippen LogP contribution < -0.4 is 14.8 Å². The summed E-state index contributed by atoms with van der Waals surface area (Å²) in [7, 11) is 0. The van der Waals surface area contributed by atoms with Crippen molar-refractivity contribution in [3.8, 4) is 17.2 Å². The zero-order chi connectivity index (χ0) is 26.6. The number of epoxide rings is 1. The number of carbonyl (C=O) groups excluding carboxylic acids is 1. The van der Waals surface area contributed by atoms with Gasteiger partial charge in [0.25, 0.3) is 0 Å². The lowest BCUT2D eigenvalue weighted by Gasteiger charge is -2.22. The summed E-state index contributed by atoms with van der Waals surface area (Å²) in [5.74, 6) is 1.17. The molecule has 1 amide bonds. The largest absolute Gasteiger partial charge is 0.490 e. The minimum Gasteiger partial charge on any atom is -0.490 e. The van der Waals surface area contributed by atoms with Gasteiger partial charge in [0.2, 0.25) is 0 Å². The molecular formula is C28H37NO7. The minimum atomic E-state index is -1.13. The minimum absolute atomic E-state index is 0.123. The number of nitrogens with one attached hydrogen (secondary N) is 1. The number of hydrogen-bond acceptors (Lipinski definition) is 6. The Balaban J connectivity index is 1.77. The fourth-order valence-electron chi connectivity index (χ4n) is 4.00. The number of aryl methyl sites for hydroxylation is 4. The number of aliphatic carboxylic acids is 1. The summed E-state index contributed by atoms with van der Waals surface area (Å²) in [5, 5.41) is 12.1. The van der Waals surface area contributed by atoms with E-state index in [0.717, 1.165) is 45.9 Å². The molecule has 0 bridgehead atoms. The van der Waals surface area contributed by atoms with Crippen LogP contribution in [0.2, 0.25) is 0 Å². The molecule has 1 fully saturated rings. The molecule has 1 aliphatic heterocycles. The van der Waals surface area contributed by atoms with Gasteiger partial charge in [0.15, 0.2) is 0 Å². The average molecular weight is 500 g/mol. The van der Waals surface area contributed by atoms with Crippen LogP contribution in [0.5, 0.6) is 17.2 Å². The van der Waals surface area contributed by atoms with E-state index >= 15 is 0 Å². The highest BCUT2D eigenvalue weighted by Gasteiger charge is 2.26. The Bertz CT molecular complexity index is 1090. The van der Waals surface area contributed by atoms with Crippen LogP contribution in [-0.4, -0.2) is 48.1 Å². The molecule has 0 saturated carbocycles. The van der Waals surface area contributed by atoms with Crippen LogP contribution in [0.3, 0.4) is 0 Å². The number of rotatable bonds is 10. The first-order valence-corrected chi connectivity index (χ1v) is 12.2. The number of ether oxygens (including phenoxy) is 4. The number of carbonyl (C=O) groups is 2. The maximum absolute atomic E-state index is 12.1. The molecule has 8 nitrogen and oxygen atoms in total. The van der Waals surface area contributed by atoms with E-state index in [2.05, 4.69) is 5.32 Å². The number of hydrogen-bond donors (Lipinski definition) is 2. The Hall–Kier alpha value is -3.26. The van der Waals surface area contributed by atoms with E-state index in [9.17, 15) is 14.7 Å². The van der Waals surface area contributed by atoms with Crippen LogP contribution in [0, 0.1) is 20.8 Å². The van der Waals surface area contributed by atoms with Crippen LogP contribution in [0.1, 0.15) is 55.5 Å². The van der Waals surface area contributed by atoms with E-state index < -0.39 is 23.7 Å². The van der Waals surface area contributed by atoms with Crippen molar-refractivity contribution < 1.29 is 33.6 Å². The van der Waals surface area contributed by atoms with Crippen LogP contribution >= 0.6 is 0 Å². The van der Waals surface area contributed by atoms with Crippen LogP contribution in [0.15, 0.2) is 24.3 Å². The van der Waals surface area contributed by atoms with Gasteiger partial charge in [-0.05, 0) is 87.9 Å². The SMILES string of the molecule is CCc1cc(CC(NC(=O)OC(C)(C)C)C(=O)O)cc(C)c1Oc1cc(C)c(OCC2CO2)c(C)c1. The molecular weight excluding hydrogens is 462 g/mol. The topological polar surface area (TPSA) is 107 Å². The van der Waals surface area contributed by atoms with Crippen LogP contribution in [0.4, 0.5) is 4.79 Å². The lowest BCUT2D eigenvalue weighted by atomic mass is 9.98. The first-order chi connectivity index (χ1) is 16.9. The van der Waals surface area contributed by atoms with Gasteiger partial charge in [0.05, 0.1) is 6.61 Å². The first-order valence-electron chi connectivity index (χ1n) is 12.2. The summed E-state index contributed by atoms with van der Waals surface area (Å²) in [6.45, 7) is 14.4. The maximum atomic E-state index is 12.1. The first kappa shape index (κ1) is 27.3. The van der Waals surface area contributed by atoms with E-state index in [4.69, 9.17) is 18.9 Å². The van der Waals surface area contributed by atoms with Crippen molar-refractivity contribution in [2.75, 3.05) is 13.2 Å². The molecule has 1 heterocycles. The molecule has 1 saturated heterocycles. The smallest absolute Gasteiger partial charge is 0.408 e. The lowest BCUT2D eigenvalue weighted by molar-refractivity contribution is -0.139. The summed E-state index contributed by atoms with van der Waals surface area (Å²) < 4.78 is 22.7. The normalized spacial score (nSPS) is 15.7. The molecule has 0 spiro atoms. The number of carboxylic acids is 1. The van der Waals surface area contributed by atoms with Gasteiger partial charge in [0.1, 0.15) is 41.6 Å². The van der Waals surface area contributed by atoms with Gasteiger partial charge in [-0.2, -0.15) is 0 Å². The monoisotopic (exact) mass is 499 g/mol. The summed E-state index contributed by atoms with van der Waals surface area (Å²) in [4.78, 5) is 24.0. The van der Waals surface area contributed by atoms with E-state index in [1.54, 1.807) is 20.8 Å². The van der Waals surface area contributed by atoms with Gasteiger partial charge in [-0.15, -0.1) is 0 Å². The summed E-state index contributed by atoms with van der Waals surface area (Å²) >= 11 is 0. The lowest BCUT2D eigenvalue weighted by Crippen LogP contribution is -2.44. The molecule has 2 N–H and O–H groups in total. The number of benzene rings is 2. The highest BCUT2D eigenvalue weighted by molar-refractivity contribution is 5.80. The highest BCUT2D eigenvalue weighted by Crippen LogP contribution is 2.35. The standard InChI is InChI=1S/C28H37NO7/c1-8-20-12-19(13-23(26(30)31)29-27(32)36-28(5,6)7)9-16(2)25(20)35-21-10-17(3)24(18(4)11-21)34-15-22-14-33-22/h9-12,22-23H,8,13-15H2,1-7H3,(H,29,32)(H,30,31). The quantitative estimate of drug-likeness (QED) is 0.429. The van der Waals surface area contributed by atoms with Crippen molar-refractivity contribution >= 4 is 12.1 Å². The molecule has 2 atom stereocenters. The molecule has 1 aliphatic rings. The highest BCUT2D eigenvalue weighted by atomic mass is 16.6.